The van der Waals surface area contributed by atoms with E-state index in [1.807, 2.05) is 0 Å². The minimum atomic E-state index is -4.70. The van der Waals surface area contributed by atoms with Gasteiger partial charge in [0.15, 0.2) is 0 Å². The van der Waals surface area contributed by atoms with Gasteiger partial charge in [-0.1, -0.05) is 12.8 Å². The average Bonchev–Trinajstić information content (AvgIpc) is 2.66. The molecule has 3 fully saturated rings. The highest BCUT2D eigenvalue weighted by Crippen LogP contribution is 2.39. The van der Waals surface area contributed by atoms with Crippen molar-refractivity contribution in [3.8, 4) is 0 Å². The van der Waals surface area contributed by atoms with Crippen molar-refractivity contribution >= 4 is 23.2 Å². The fourth-order valence-electron chi connectivity index (χ4n) is 4.59. The van der Waals surface area contributed by atoms with Crippen molar-refractivity contribution in [1.29, 1.82) is 0 Å². The van der Waals surface area contributed by atoms with E-state index in [1.54, 1.807) is 0 Å². The van der Waals surface area contributed by atoms with E-state index in [9.17, 15) is 22.8 Å². The molecule has 2 saturated carbocycles. The van der Waals surface area contributed by atoms with Crippen LogP contribution in [-0.4, -0.2) is 61.1 Å². The van der Waals surface area contributed by atoms with Crippen LogP contribution in [0.15, 0.2) is 18.2 Å². The number of hydrogen-bond acceptors (Lipinski definition) is 5. The number of anilines is 2. The van der Waals surface area contributed by atoms with Crippen LogP contribution in [0.3, 0.4) is 0 Å². The maximum atomic E-state index is 13.9. The Bertz CT molecular complexity index is 841. The van der Waals surface area contributed by atoms with E-state index >= 15 is 0 Å². The van der Waals surface area contributed by atoms with Crippen molar-refractivity contribution in [1.82, 2.24) is 4.90 Å². The number of nitrogens with zero attached hydrogens (tertiary/aromatic N) is 2. The summed E-state index contributed by atoms with van der Waals surface area (Å²) in [4.78, 5) is 28.6. The van der Waals surface area contributed by atoms with Crippen LogP contribution in [0.2, 0.25) is 0 Å². The number of carbonyl (C=O) groups excluding carboxylic acids is 2. The Morgan fingerprint density at radius 2 is 1.88 bits per heavy atom. The monoisotopic (exact) mass is 454 g/mol. The van der Waals surface area contributed by atoms with Gasteiger partial charge in [0, 0.05) is 30.9 Å². The summed E-state index contributed by atoms with van der Waals surface area (Å²) in [5, 5.41) is 2.49. The fraction of sp³-hybridized carbons (Fsp3) is 0.636. The zero-order valence-corrected chi connectivity index (χ0v) is 17.9. The number of ether oxygens (including phenoxy) is 1. The normalized spacial score (nSPS) is 21.3. The number of morpholine rings is 1. The number of benzene rings is 1. The van der Waals surface area contributed by atoms with E-state index < -0.39 is 29.6 Å². The number of halogens is 3. The second kappa shape index (κ2) is 9.36. The number of alkyl halides is 3. The van der Waals surface area contributed by atoms with Crippen LogP contribution >= 0.6 is 0 Å². The van der Waals surface area contributed by atoms with Crippen LogP contribution in [-0.2, 0) is 20.5 Å². The van der Waals surface area contributed by atoms with Gasteiger partial charge in [-0.15, -0.1) is 0 Å². The lowest BCUT2D eigenvalue weighted by atomic mass is 9.83. The lowest BCUT2D eigenvalue weighted by Gasteiger charge is -2.49. The molecule has 10 heteroatoms. The first-order chi connectivity index (χ1) is 15.3. The minimum absolute atomic E-state index is 0.0422. The topological polar surface area (TPSA) is 87.9 Å². The molecule has 0 spiro atoms. The van der Waals surface area contributed by atoms with E-state index in [0.29, 0.717) is 0 Å². The summed E-state index contributed by atoms with van der Waals surface area (Å²) in [6, 6.07) is 3.39. The molecule has 176 valence electrons. The Balaban J connectivity index is 1.57. The first kappa shape index (κ1) is 23.0. The number of nitrogens with one attached hydrogen (secondary N) is 1. The molecule has 3 aliphatic rings. The highest BCUT2D eigenvalue weighted by Gasteiger charge is 2.41. The summed E-state index contributed by atoms with van der Waals surface area (Å²) in [6.45, 7) is 0.299. The first-order valence-corrected chi connectivity index (χ1v) is 11.2. The minimum Gasteiger partial charge on any atom is -0.370 e. The van der Waals surface area contributed by atoms with E-state index in [0.717, 1.165) is 44.6 Å². The van der Waals surface area contributed by atoms with Crippen LogP contribution in [0.5, 0.6) is 0 Å². The summed E-state index contributed by atoms with van der Waals surface area (Å²) in [5.41, 5.74) is 4.76. The molecule has 0 radical (unpaired) electrons. The third-order valence-electron chi connectivity index (χ3n) is 6.74. The Hall–Kier alpha value is -2.17. The van der Waals surface area contributed by atoms with Crippen molar-refractivity contribution in [3.63, 3.8) is 0 Å². The van der Waals surface area contributed by atoms with Crippen LogP contribution in [0, 0.1) is 0 Å². The Morgan fingerprint density at radius 1 is 1.22 bits per heavy atom. The fourth-order valence-corrected chi connectivity index (χ4v) is 4.59. The van der Waals surface area contributed by atoms with Gasteiger partial charge >= 0.3 is 6.18 Å². The van der Waals surface area contributed by atoms with Gasteiger partial charge < -0.3 is 20.7 Å². The molecule has 0 bridgehead atoms. The van der Waals surface area contributed by atoms with Crippen LogP contribution in [0.1, 0.15) is 44.1 Å². The maximum absolute atomic E-state index is 13.9. The molecule has 3 N–H and O–H groups in total. The van der Waals surface area contributed by atoms with Crippen molar-refractivity contribution in [2.75, 3.05) is 36.5 Å². The quantitative estimate of drug-likeness (QED) is 0.662. The standard InChI is InChI=1S/C22H29F3N4O3/c23-22(24,25)17-11-16(28-9-10-32-13-20(28)30)7-8-18(17)27-21(31)19(12-26)29(14-3-1-4-14)15-5-2-6-15/h7-8,11,14-15,19H,1-6,9-10,12-13,26H2,(H,27,31)/t19-/m1/s1. The third kappa shape index (κ3) is 4.62. The Labute approximate surface area is 185 Å². The average molecular weight is 454 g/mol. The molecule has 1 heterocycles. The number of amides is 2. The van der Waals surface area contributed by atoms with Crippen molar-refractivity contribution in [3.05, 3.63) is 23.8 Å². The number of rotatable bonds is 7. The smallest absolute Gasteiger partial charge is 0.370 e. The lowest BCUT2D eigenvalue weighted by Crippen LogP contribution is -2.60. The highest BCUT2D eigenvalue weighted by atomic mass is 19.4. The van der Waals surface area contributed by atoms with Crippen molar-refractivity contribution in [2.45, 2.75) is 62.8 Å². The Morgan fingerprint density at radius 3 is 2.38 bits per heavy atom. The zero-order valence-electron chi connectivity index (χ0n) is 17.9. The van der Waals surface area contributed by atoms with Crippen LogP contribution in [0.25, 0.3) is 0 Å². The molecule has 2 amide bonds. The van der Waals surface area contributed by atoms with Crippen LogP contribution in [0.4, 0.5) is 24.5 Å². The van der Waals surface area contributed by atoms with E-state index in [1.165, 1.54) is 17.0 Å². The molecule has 1 atom stereocenters. The van der Waals surface area contributed by atoms with Gasteiger partial charge in [0.1, 0.15) is 12.6 Å². The van der Waals surface area contributed by atoms with E-state index in [2.05, 4.69) is 10.2 Å². The second-order valence-corrected chi connectivity index (χ2v) is 8.68. The van der Waals surface area contributed by atoms with Gasteiger partial charge in [-0.2, -0.15) is 13.2 Å². The molecule has 32 heavy (non-hydrogen) atoms. The van der Waals surface area contributed by atoms with Gasteiger partial charge in [-0.05, 0) is 43.9 Å². The largest absolute Gasteiger partial charge is 0.418 e. The van der Waals surface area contributed by atoms with E-state index in [4.69, 9.17) is 10.5 Å². The molecule has 1 aliphatic heterocycles. The molecule has 4 rings (SSSR count). The number of carbonyl (C=O) groups is 2. The molecule has 2 aliphatic carbocycles. The van der Waals surface area contributed by atoms with Gasteiger partial charge in [0.05, 0.1) is 17.9 Å². The molecular formula is C22H29F3N4O3. The predicted octanol–water partition coefficient (Wildman–Crippen LogP) is 2.74. The molecule has 7 nitrogen and oxygen atoms in total. The maximum Gasteiger partial charge on any atom is 0.418 e. The number of nitrogens with two attached hydrogens (primary N) is 1. The van der Waals surface area contributed by atoms with Crippen LogP contribution < -0.4 is 16.0 Å². The first-order valence-electron chi connectivity index (χ1n) is 11.2. The van der Waals surface area contributed by atoms with Gasteiger partial charge in [0.2, 0.25) is 5.91 Å². The molecule has 1 saturated heterocycles. The summed E-state index contributed by atoms with van der Waals surface area (Å²) < 4.78 is 46.6. The zero-order chi connectivity index (χ0) is 22.9. The summed E-state index contributed by atoms with van der Waals surface area (Å²) >= 11 is 0. The molecule has 0 aromatic heterocycles. The predicted molar refractivity (Wildman–Crippen MR) is 113 cm³/mol. The Kier molecular flexibility index (Phi) is 6.73. The molecule has 1 aromatic rings. The summed E-state index contributed by atoms with van der Waals surface area (Å²) in [7, 11) is 0. The molecular weight excluding hydrogens is 425 g/mol. The molecule has 1 aromatic carbocycles. The molecule has 0 unspecified atom stereocenters. The third-order valence-corrected chi connectivity index (χ3v) is 6.74. The SMILES string of the molecule is NC[C@H](C(=O)Nc1ccc(N2CCOCC2=O)cc1C(F)(F)F)N(C1CCC1)C1CCC1. The second-order valence-electron chi connectivity index (χ2n) is 8.68. The number of hydrogen-bond donors (Lipinski definition) is 2. The van der Waals surface area contributed by atoms with Gasteiger partial charge in [-0.25, -0.2) is 0 Å². The van der Waals surface area contributed by atoms with E-state index in [-0.39, 0.29) is 49.8 Å². The van der Waals surface area contributed by atoms with Gasteiger partial charge in [-0.3, -0.25) is 14.5 Å². The summed E-state index contributed by atoms with van der Waals surface area (Å²) in [5.74, 6) is -0.923. The van der Waals surface area contributed by atoms with Crippen molar-refractivity contribution in [2.24, 2.45) is 5.73 Å². The highest BCUT2D eigenvalue weighted by molar-refractivity contribution is 5.98. The van der Waals surface area contributed by atoms with Crippen molar-refractivity contribution < 1.29 is 27.5 Å². The summed E-state index contributed by atoms with van der Waals surface area (Å²) in [6.07, 6.45) is 1.41. The lowest BCUT2D eigenvalue weighted by molar-refractivity contribution is -0.137. The van der Waals surface area contributed by atoms with Gasteiger partial charge in [0.25, 0.3) is 5.91 Å².